The van der Waals surface area contributed by atoms with Gasteiger partial charge in [0.05, 0.1) is 18.8 Å². The fourth-order valence-corrected chi connectivity index (χ4v) is 3.32. The minimum absolute atomic E-state index is 0.144. The number of amides is 1. The number of hydrogen-bond acceptors (Lipinski definition) is 4. The Labute approximate surface area is 180 Å². The molecular weight excluding hydrogens is 376 g/mol. The Bertz CT molecular complexity index is 761. The first-order chi connectivity index (χ1) is 14.5. The van der Waals surface area contributed by atoms with E-state index in [1.807, 2.05) is 24.3 Å². The van der Waals surface area contributed by atoms with Gasteiger partial charge in [0, 0.05) is 20.0 Å². The molecule has 30 heavy (non-hydrogen) atoms. The number of benzene rings is 2. The van der Waals surface area contributed by atoms with Crippen LogP contribution in [-0.2, 0) is 24.2 Å². The standard InChI is InChI=1S/C25H36N2O3/c1-4-6-14-30-23-12-10-21(11-13-23)16-24(27-19(3)28)25(29)18-26-17-22-9-7-8-20(5-2)15-22/h7-13,15,24-26,29H,4-6,14,16-18H2,1-3H3,(H,27,28)/t24-,25+/m0/s1. The molecule has 3 N–H and O–H groups in total. The molecule has 0 unspecified atom stereocenters. The maximum Gasteiger partial charge on any atom is 0.217 e. The summed E-state index contributed by atoms with van der Waals surface area (Å²) in [5.41, 5.74) is 3.54. The van der Waals surface area contributed by atoms with Gasteiger partial charge < -0.3 is 20.5 Å². The molecule has 2 aromatic carbocycles. The van der Waals surface area contributed by atoms with Crippen LogP contribution in [0.15, 0.2) is 48.5 Å². The normalized spacial score (nSPS) is 12.9. The first-order valence-corrected chi connectivity index (χ1v) is 11.0. The average Bonchev–Trinajstić information content (AvgIpc) is 2.74. The molecule has 5 heteroatoms. The molecular formula is C25H36N2O3. The van der Waals surface area contributed by atoms with E-state index in [1.54, 1.807) is 0 Å². The monoisotopic (exact) mass is 412 g/mol. The second-order valence-corrected chi connectivity index (χ2v) is 7.73. The van der Waals surface area contributed by atoms with Crippen LogP contribution < -0.4 is 15.4 Å². The van der Waals surface area contributed by atoms with Crippen LogP contribution in [0, 0.1) is 0 Å². The molecule has 0 heterocycles. The SMILES string of the molecule is CCCCOc1ccc(C[C@H](NC(C)=O)[C@H](O)CNCc2cccc(CC)c2)cc1. The van der Waals surface area contributed by atoms with Crippen LogP contribution >= 0.6 is 0 Å². The molecule has 0 saturated heterocycles. The van der Waals surface area contributed by atoms with Crippen molar-refractivity contribution in [3.8, 4) is 5.75 Å². The average molecular weight is 413 g/mol. The zero-order chi connectivity index (χ0) is 21.8. The quantitative estimate of drug-likeness (QED) is 0.440. The van der Waals surface area contributed by atoms with Crippen molar-refractivity contribution in [1.29, 1.82) is 0 Å². The third-order valence-corrected chi connectivity index (χ3v) is 5.08. The molecule has 0 spiro atoms. The molecule has 0 aromatic heterocycles. The predicted molar refractivity (Wildman–Crippen MR) is 122 cm³/mol. The first-order valence-electron chi connectivity index (χ1n) is 11.0. The maximum absolute atomic E-state index is 11.7. The summed E-state index contributed by atoms with van der Waals surface area (Å²) in [6.07, 6.45) is 3.01. The van der Waals surface area contributed by atoms with Crippen LogP contribution in [-0.4, -0.2) is 36.3 Å². The molecule has 0 radical (unpaired) electrons. The molecule has 0 fully saturated rings. The van der Waals surface area contributed by atoms with Crippen molar-refractivity contribution in [3.63, 3.8) is 0 Å². The van der Waals surface area contributed by atoms with E-state index in [1.165, 1.54) is 18.1 Å². The van der Waals surface area contributed by atoms with Crippen LogP contribution in [0.25, 0.3) is 0 Å². The number of aliphatic hydroxyl groups is 1. The summed E-state index contributed by atoms with van der Waals surface area (Å²) in [6.45, 7) is 7.56. The van der Waals surface area contributed by atoms with Crippen LogP contribution in [0.4, 0.5) is 0 Å². The van der Waals surface area contributed by atoms with Gasteiger partial charge in [-0.15, -0.1) is 0 Å². The van der Waals surface area contributed by atoms with E-state index in [-0.39, 0.29) is 11.9 Å². The maximum atomic E-state index is 11.7. The third kappa shape index (κ3) is 8.56. The topological polar surface area (TPSA) is 70.6 Å². The Morgan fingerprint density at radius 1 is 1.07 bits per heavy atom. The molecule has 5 nitrogen and oxygen atoms in total. The highest BCUT2D eigenvalue weighted by molar-refractivity contribution is 5.73. The summed E-state index contributed by atoms with van der Waals surface area (Å²) in [6, 6.07) is 15.9. The lowest BCUT2D eigenvalue weighted by molar-refractivity contribution is -0.120. The van der Waals surface area contributed by atoms with E-state index < -0.39 is 6.10 Å². The first kappa shape index (κ1) is 23.9. The Morgan fingerprint density at radius 3 is 2.47 bits per heavy atom. The fourth-order valence-electron chi connectivity index (χ4n) is 3.32. The highest BCUT2D eigenvalue weighted by Crippen LogP contribution is 2.15. The van der Waals surface area contributed by atoms with Gasteiger partial charge in [-0.1, -0.05) is 56.7 Å². The zero-order valence-electron chi connectivity index (χ0n) is 18.5. The highest BCUT2D eigenvalue weighted by atomic mass is 16.5. The van der Waals surface area contributed by atoms with Gasteiger partial charge >= 0.3 is 0 Å². The van der Waals surface area contributed by atoms with E-state index in [0.29, 0.717) is 19.5 Å². The van der Waals surface area contributed by atoms with Crippen molar-refractivity contribution in [3.05, 3.63) is 65.2 Å². The van der Waals surface area contributed by atoms with E-state index in [9.17, 15) is 9.90 Å². The van der Waals surface area contributed by atoms with Gasteiger partial charge in [0.1, 0.15) is 5.75 Å². The molecule has 2 rings (SSSR count). The van der Waals surface area contributed by atoms with Gasteiger partial charge in [-0.2, -0.15) is 0 Å². The molecule has 0 bridgehead atoms. The summed E-state index contributed by atoms with van der Waals surface area (Å²) < 4.78 is 5.70. The molecule has 0 aliphatic carbocycles. The Balaban J connectivity index is 1.89. The lowest BCUT2D eigenvalue weighted by Crippen LogP contribution is -2.48. The second-order valence-electron chi connectivity index (χ2n) is 7.73. The van der Waals surface area contributed by atoms with Crippen molar-refractivity contribution in [2.75, 3.05) is 13.2 Å². The number of carbonyl (C=O) groups is 1. The van der Waals surface area contributed by atoms with E-state index >= 15 is 0 Å². The van der Waals surface area contributed by atoms with Gasteiger partial charge in [0.15, 0.2) is 0 Å². The lowest BCUT2D eigenvalue weighted by atomic mass is 10.0. The molecule has 2 aromatic rings. The zero-order valence-corrected chi connectivity index (χ0v) is 18.5. The lowest BCUT2D eigenvalue weighted by Gasteiger charge is -2.24. The minimum atomic E-state index is -0.691. The smallest absolute Gasteiger partial charge is 0.217 e. The summed E-state index contributed by atoms with van der Waals surface area (Å²) >= 11 is 0. The van der Waals surface area contributed by atoms with E-state index in [2.05, 4.69) is 48.7 Å². The van der Waals surface area contributed by atoms with Crippen molar-refractivity contribution in [1.82, 2.24) is 10.6 Å². The van der Waals surface area contributed by atoms with Gasteiger partial charge in [-0.3, -0.25) is 4.79 Å². The van der Waals surface area contributed by atoms with Gasteiger partial charge in [-0.05, 0) is 48.1 Å². The Kier molecular flexibility index (Phi) is 10.4. The van der Waals surface area contributed by atoms with Crippen LogP contribution in [0.5, 0.6) is 5.75 Å². The number of carbonyl (C=O) groups excluding carboxylic acids is 1. The number of unbranched alkanes of at least 4 members (excludes halogenated alkanes) is 1. The van der Waals surface area contributed by atoms with Gasteiger partial charge in [-0.25, -0.2) is 0 Å². The number of rotatable bonds is 13. The molecule has 1 amide bonds. The van der Waals surface area contributed by atoms with Crippen molar-refractivity contribution in [2.24, 2.45) is 0 Å². The van der Waals surface area contributed by atoms with Crippen molar-refractivity contribution >= 4 is 5.91 Å². The van der Waals surface area contributed by atoms with Crippen LogP contribution in [0.3, 0.4) is 0 Å². The van der Waals surface area contributed by atoms with Gasteiger partial charge in [0.25, 0.3) is 0 Å². The number of ether oxygens (including phenoxy) is 1. The van der Waals surface area contributed by atoms with Crippen molar-refractivity contribution < 1.29 is 14.6 Å². The van der Waals surface area contributed by atoms with Gasteiger partial charge in [0.2, 0.25) is 5.91 Å². The molecule has 0 aliphatic rings. The van der Waals surface area contributed by atoms with Crippen LogP contribution in [0.1, 0.15) is 50.3 Å². The molecule has 164 valence electrons. The molecule has 0 saturated carbocycles. The Morgan fingerprint density at radius 2 is 1.80 bits per heavy atom. The number of hydrogen-bond donors (Lipinski definition) is 3. The van der Waals surface area contributed by atoms with E-state index in [4.69, 9.17) is 4.74 Å². The highest BCUT2D eigenvalue weighted by Gasteiger charge is 2.20. The summed E-state index contributed by atoms with van der Waals surface area (Å²) in [5.74, 6) is 0.703. The summed E-state index contributed by atoms with van der Waals surface area (Å²) in [7, 11) is 0. The number of aryl methyl sites for hydroxylation is 1. The fraction of sp³-hybridized carbons (Fsp3) is 0.480. The van der Waals surface area contributed by atoms with E-state index in [0.717, 1.165) is 37.2 Å². The number of nitrogens with one attached hydrogen (secondary N) is 2. The van der Waals surface area contributed by atoms with Crippen LogP contribution in [0.2, 0.25) is 0 Å². The largest absolute Gasteiger partial charge is 0.494 e. The summed E-state index contributed by atoms with van der Waals surface area (Å²) in [5, 5.41) is 16.9. The molecule has 2 atom stereocenters. The predicted octanol–water partition coefficient (Wildman–Crippen LogP) is 3.63. The summed E-state index contributed by atoms with van der Waals surface area (Å²) in [4.78, 5) is 11.7. The number of aliphatic hydroxyl groups excluding tert-OH is 1. The second kappa shape index (κ2) is 13.0. The molecule has 0 aliphatic heterocycles. The Hall–Kier alpha value is -2.37. The minimum Gasteiger partial charge on any atom is -0.494 e. The third-order valence-electron chi connectivity index (χ3n) is 5.08. The van der Waals surface area contributed by atoms with Crippen molar-refractivity contribution in [2.45, 2.75) is 65.1 Å².